The van der Waals surface area contributed by atoms with E-state index >= 15 is 0 Å². The summed E-state index contributed by atoms with van der Waals surface area (Å²) in [6.07, 6.45) is 1.38. The summed E-state index contributed by atoms with van der Waals surface area (Å²) in [5.74, 6) is 0.346. The van der Waals surface area contributed by atoms with Crippen LogP contribution in [0.25, 0.3) is 0 Å². The highest BCUT2D eigenvalue weighted by Gasteiger charge is 2.17. The molecule has 1 saturated heterocycles. The van der Waals surface area contributed by atoms with Crippen LogP contribution in [0.3, 0.4) is 0 Å². The van der Waals surface area contributed by atoms with Gasteiger partial charge in [-0.05, 0) is 57.9 Å². The quantitative estimate of drug-likeness (QED) is 0.723. The fourth-order valence-electron chi connectivity index (χ4n) is 2.61. The van der Waals surface area contributed by atoms with Crippen molar-refractivity contribution >= 4 is 12.0 Å². The topological polar surface area (TPSA) is 85.9 Å². The molecular formula is C21H29FN2O5. The van der Waals surface area contributed by atoms with Gasteiger partial charge in [0.15, 0.2) is 0 Å². The predicted octanol–water partition coefficient (Wildman–Crippen LogP) is 3.35. The fraction of sp³-hybridized carbons (Fsp3) is 0.524. The van der Waals surface area contributed by atoms with Gasteiger partial charge in [0.1, 0.15) is 18.0 Å². The number of alkyl carbamates (subject to hydrolysis) is 1. The van der Waals surface area contributed by atoms with Crippen LogP contribution in [-0.2, 0) is 9.47 Å². The monoisotopic (exact) mass is 408 g/mol. The lowest BCUT2D eigenvalue weighted by Crippen LogP contribution is -2.38. The second-order valence-electron chi connectivity index (χ2n) is 7.80. The summed E-state index contributed by atoms with van der Waals surface area (Å²) in [5.41, 5.74) is 0.146. The van der Waals surface area contributed by atoms with E-state index in [2.05, 4.69) is 10.6 Å². The van der Waals surface area contributed by atoms with Crippen LogP contribution in [0.2, 0.25) is 0 Å². The normalized spacial score (nSPS) is 15.5. The SMILES string of the molecule is CC(C)(C)OC(=O)NCC(=CF)COc1ccc(C(=O)NC2CCOCC2)cc1. The first-order chi connectivity index (χ1) is 13.8. The largest absolute Gasteiger partial charge is 0.489 e. The van der Waals surface area contributed by atoms with Gasteiger partial charge >= 0.3 is 6.09 Å². The molecule has 2 amide bonds. The van der Waals surface area contributed by atoms with Gasteiger partial charge in [-0.3, -0.25) is 4.79 Å². The first-order valence-electron chi connectivity index (χ1n) is 9.63. The zero-order valence-corrected chi connectivity index (χ0v) is 17.1. The Balaban J connectivity index is 1.78. The van der Waals surface area contributed by atoms with Crippen molar-refractivity contribution in [3.8, 4) is 5.75 Å². The molecule has 0 radical (unpaired) electrons. The number of rotatable bonds is 7. The van der Waals surface area contributed by atoms with Gasteiger partial charge in [-0.2, -0.15) is 0 Å². The van der Waals surface area contributed by atoms with Crippen molar-refractivity contribution in [1.29, 1.82) is 0 Å². The van der Waals surface area contributed by atoms with Crippen LogP contribution < -0.4 is 15.4 Å². The maximum absolute atomic E-state index is 13.0. The maximum atomic E-state index is 13.0. The summed E-state index contributed by atoms with van der Waals surface area (Å²) in [6, 6.07) is 6.73. The maximum Gasteiger partial charge on any atom is 0.407 e. The van der Waals surface area contributed by atoms with E-state index in [1.807, 2.05) is 0 Å². The number of halogens is 1. The Labute approximate surface area is 170 Å². The molecule has 0 atom stereocenters. The summed E-state index contributed by atoms with van der Waals surface area (Å²) in [4.78, 5) is 23.9. The molecular weight excluding hydrogens is 379 g/mol. The van der Waals surface area contributed by atoms with Crippen molar-refractivity contribution in [3.05, 3.63) is 41.7 Å². The zero-order valence-electron chi connectivity index (χ0n) is 17.1. The highest BCUT2D eigenvalue weighted by Crippen LogP contribution is 2.15. The molecule has 0 saturated carbocycles. The molecule has 1 aromatic rings. The van der Waals surface area contributed by atoms with E-state index in [9.17, 15) is 14.0 Å². The molecule has 1 aliphatic heterocycles. The van der Waals surface area contributed by atoms with Crippen molar-refractivity contribution in [1.82, 2.24) is 10.6 Å². The van der Waals surface area contributed by atoms with Gasteiger partial charge in [-0.15, -0.1) is 0 Å². The van der Waals surface area contributed by atoms with Crippen molar-refractivity contribution in [3.63, 3.8) is 0 Å². The molecule has 0 unspecified atom stereocenters. The van der Waals surface area contributed by atoms with Gasteiger partial charge in [0.05, 0.1) is 6.33 Å². The number of ether oxygens (including phenoxy) is 3. The number of amides is 2. The minimum Gasteiger partial charge on any atom is -0.489 e. The van der Waals surface area contributed by atoms with Gasteiger partial charge in [0, 0.05) is 36.9 Å². The Morgan fingerprint density at radius 2 is 1.86 bits per heavy atom. The minimum atomic E-state index is -0.628. The Kier molecular flexibility index (Phi) is 8.45. The number of carbonyl (C=O) groups excluding carboxylic acids is 2. The van der Waals surface area contributed by atoms with Gasteiger partial charge in [0.25, 0.3) is 5.91 Å². The van der Waals surface area contributed by atoms with Gasteiger partial charge < -0.3 is 24.8 Å². The van der Waals surface area contributed by atoms with E-state index in [1.54, 1.807) is 45.0 Å². The van der Waals surface area contributed by atoms with Gasteiger partial charge in [-0.1, -0.05) is 0 Å². The van der Waals surface area contributed by atoms with Gasteiger partial charge in [0.2, 0.25) is 0 Å². The van der Waals surface area contributed by atoms with E-state index < -0.39 is 11.7 Å². The third-order valence-electron chi connectivity index (χ3n) is 4.11. The molecule has 8 heteroatoms. The van der Waals surface area contributed by atoms with Crippen molar-refractivity contribution in [2.45, 2.75) is 45.3 Å². The molecule has 2 N–H and O–H groups in total. The van der Waals surface area contributed by atoms with Crippen LogP contribution in [0.1, 0.15) is 44.0 Å². The Hall–Kier alpha value is -2.61. The second-order valence-corrected chi connectivity index (χ2v) is 7.80. The summed E-state index contributed by atoms with van der Waals surface area (Å²) in [5, 5.41) is 5.46. The molecule has 0 aliphatic carbocycles. The molecule has 1 fully saturated rings. The molecule has 0 bridgehead atoms. The first kappa shape index (κ1) is 22.7. The second kappa shape index (κ2) is 10.8. The van der Waals surface area contributed by atoms with E-state index in [0.29, 0.717) is 30.9 Å². The fourth-order valence-corrected chi connectivity index (χ4v) is 2.61. The average molecular weight is 408 g/mol. The van der Waals surface area contributed by atoms with Gasteiger partial charge in [-0.25, -0.2) is 9.18 Å². The summed E-state index contributed by atoms with van der Waals surface area (Å²) in [7, 11) is 0. The molecule has 0 aromatic heterocycles. The van der Waals surface area contributed by atoms with Crippen molar-refractivity contribution in [2.75, 3.05) is 26.4 Å². The average Bonchev–Trinajstić information content (AvgIpc) is 2.68. The van der Waals surface area contributed by atoms with Crippen LogP contribution in [0.4, 0.5) is 9.18 Å². The van der Waals surface area contributed by atoms with Crippen LogP contribution in [0, 0.1) is 0 Å². The number of hydrogen-bond donors (Lipinski definition) is 2. The highest BCUT2D eigenvalue weighted by atomic mass is 19.1. The van der Waals surface area contributed by atoms with Crippen LogP contribution >= 0.6 is 0 Å². The summed E-state index contributed by atoms with van der Waals surface area (Å²) >= 11 is 0. The zero-order chi connectivity index (χ0) is 21.3. The molecule has 1 aliphatic rings. The van der Waals surface area contributed by atoms with E-state index in [0.717, 1.165) is 12.8 Å². The molecule has 2 rings (SSSR count). The first-order valence-corrected chi connectivity index (χ1v) is 9.63. The van der Waals surface area contributed by atoms with Crippen molar-refractivity contribution in [2.24, 2.45) is 0 Å². The Morgan fingerprint density at radius 3 is 2.45 bits per heavy atom. The van der Waals surface area contributed by atoms with E-state index in [1.165, 1.54) is 0 Å². The number of carbonyl (C=O) groups is 2. The van der Waals surface area contributed by atoms with Crippen LogP contribution in [0.5, 0.6) is 5.75 Å². The third kappa shape index (κ3) is 8.51. The molecule has 7 nitrogen and oxygen atoms in total. The predicted molar refractivity (Wildman–Crippen MR) is 107 cm³/mol. The molecule has 1 aromatic carbocycles. The van der Waals surface area contributed by atoms with E-state index in [4.69, 9.17) is 14.2 Å². The number of nitrogens with one attached hydrogen (secondary N) is 2. The molecule has 0 spiro atoms. The minimum absolute atomic E-state index is 0.0307. The van der Waals surface area contributed by atoms with E-state index in [-0.39, 0.29) is 30.7 Å². The Morgan fingerprint density at radius 1 is 1.21 bits per heavy atom. The smallest absolute Gasteiger partial charge is 0.407 e. The number of benzene rings is 1. The molecule has 160 valence electrons. The standard InChI is InChI=1S/C21H29FN2O5/c1-21(2,3)29-20(26)23-13-15(12-22)14-28-18-6-4-16(5-7-18)19(25)24-17-8-10-27-11-9-17/h4-7,12,17H,8-11,13-14H2,1-3H3,(H,23,26)(H,24,25). The summed E-state index contributed by atoms with van der Waals surface area (Å²) in [6.45, 7) is 6.48. The summed E-state index contributed by atoms with van der Waals surface area (Å²) < 4.78 is 29.0. The lowest BCUT2D eigenvalue weighted by molar-refractivity contribution is 0.0531. The Bertz CT molecular complexity index is 707. The lowest BCUT2D eigenvalue weighted by Gasteiger charge is -2.23. The molecule has 1 heterocycles. The van der Waals surface area contributed by atoms with Crippen LogP contribution in [-0.4, -0.2) is 50.0 Å². The lowest BCUT2D eigenvalue weighted by atomic mass is 10.1. The highest BCUT2D eigenvalue weighted by molar-refractivity contribution is 5.94. The van der Waals surface area contributed by atoms with Crippen LogP contribution in [0.15, 0.2) is 36.2 Å². The molecule has 29 heavy (non-hydrogen) atoms. The third-order valence-corrected chi connectivity index (χ3v) is 4.11. The number of hydrogen-bond acceptors (Lipinski definition) is 5. The van der Waals surface area contributed by atoms with Crippen molar-refractivity contribution < 1.29 is 28.2 Å².